The molecule has 0 atom stereocenters. The molecule has 3 nitrogen and oxygen atoms in total. The van der Waals surface area contributed by atoms with Gasteiger partial charge in [-0.05, 0) is 28.1 Å². The van der Waals surface area contributed by atoms with Gasteiger partial charge in [0.15, 0.2) is 0 Å². The van der Waals surface area contributed by atoms with E-state index in [1.54, 1.807) is 6.07 Å². The molecule has 60 valence electrons. The molecular weight excluding hydrogens is 255 g/mol. The summed E-state index contributed by atoms with van der Waals surface area (Å²) < 4.78 is 0.313. The van der Waals surface area contributed by atoms with E-state index in [2.05, 4.69) is 15.9 Å². The van der Waals surface area contributed by atoms with Gasteiger partial charge < -0.3 is 14.7 Å². The molecule has 1 aromatic rings. The minimum atomic E-state index is -4.60. The summed E-state index contributed by atoms with van der Waals surface area (Å²) in [5, 5.41) is -0.194. The smallest absolute Gasteiger partial charge is 0.683 e. The van der Waals surface area contributed by atoms with Crippen molar-refractivity contribution in [2.45, 2.75) is 0 Å². The van der Waals surface area contributed by atoms with Gasteiger partial charge in [0.25, 0.3) is 0 Å². The standard InChI is InChI=1S/C6H6BrO3P.Mg/c7-5-3-1-2-4-6(5)11(8,9)10;/h1-4H,(H2,8,9,10);/q;+2/p-2. The Morgan fingerprint density at radius 3 is 1.92 bits per heavy atom. The topological polar surface area (TPSA) is 69.2 Å². The second-order valence-corrected chi connectivity index (χ2v) is 4.28. The van der Waals surface area contributed by atoms with E-state index in [4.69, 9.17) is 0 Å². The molecular formula is C6H4BrMgO3P. The van der Waals surface area contributed by atoms with Crippen molar-refractivity contribution in [3.8, 4) is 0 Å². The Balaban J connectivity index is 0.00000121. The molecule has 0 N–H and O–H groups in total. The van der Waals surface area contributed by atoms with E-state index in [1.165, 1.54) is 18.2 Å². The third kappa shape index (κ3) is 3.26. The summed E-state index contributed by atoms with van der Waals surface area (Å²) in [6, 6.07) is 5.93. The van der Waals surface area contributed by atoms with Gasteiger partial charge in [0, 0.05) is 0 Å². The maximum absolute atomic E-state index is 10.5. The minimum Gasteiger partial charge on any atom is -0.683 e. The summed E-state index contributed by atoms with van der Waals surface area (Å²) in [5.41, 5.74) is 0. The summed E-state index contributed by atoms with van der Waals surface area (Å²) in [4.78, 5) is 31.5. The molecule has 12 heavy (non-hydrogen) atoms. The largest absolute Gasteiger partial charge is 2.00 e. The third-order valence-corrected chi connectivity index (χ3v) is 3.13. The molecule has 1 rings (SSSR count). The first-order valence-corrected chi connectivity index (χ1v) is 5.12. The van der Waals surface area contributed by atoms with Crippen LogP contribution in [0, 0.1) is 0 Å². The fourth-order valence-electron chi connectivity index (χ4n) is 0.674. The molecule has 0 unspecified atom stereocenters. The normalized spacial score (nSPS) is 10.7. The summed E-state index contributed by atoms with van der Waals surface area (Å²) >= 11 is 2.96. The summed E-state index contributed by atoms with van der Waals surface area (Å²) in [6.07, 6.45) is 0. The maximum atomic E-state index is 10.5. The Kier molecular flexibility index (Phi) is 5.17. The molecule has 0 spiro atoms. The van der Waals surface area contributed by atoms with E-state index >= 15 is 0 Å². The third-order valence-electron chi connectivity index (χ3n) is 1.15. The van der Waals surface area contributed by atoms with Gasteiger partial charge >= 0.3 is 23.1 Å². The van der Waals surface area contributed by atoms with Crippen LogP contribution in [0.1, 0.15) is 0 Å². The van der Waals surface area contributed by atoms with Crippen LogP contribution in [0.3, 0.4) is 0 Å². The van der Waals surface area contributed by atoms with Crippen LogP contribution < -0.4 is 20.0 Å². The number of rotatable bonds is 1. The zero-order valence-electron chi connectivity index (χ0n) is 6.07. The quantitative estimate of drug-likeness (QED) is 0.457. The van der Waals surface area contributed by atoms with Crippen LogP contribution in [0.4, 0.5) is 0 Å². The van der Waals surface area contributed by atoms with E-state index in [1.807, 2.05) is 0 Å². The van der Waals surface area contributed by atoms with E-state index in [-0.39, 0.29) is 28.4 Å². The van der Waals surface area contributed by atoms with Crippen molar-refractivity contribution in [3.05, 3.63) is 28.7 Å². The second-order valence-electron chi connectivity index (χ2n) is 1.95. The second kappa shape index (κ2) is 4.86. The molecule has 0 aliphatic rings. The van der Waals surface area contributed by atoms with Crippen molar-refractivity contribution in [1.29, 1.82) is 0 Å². The van der Waals surface area contributed by atoms with Crippen LogP contribution in [0.5, 0.6) is 0 Å². The van der Waals surface area contributed by atoms with E-state index in [0.29, 0.717) is 4.47 Å². The average Bonchev–Trinajstić information content (AvgIpc) is 1.86. The zero-order valence-corrected chi connectivity index (χ0v) is 9.96. The molecule has 0 radical (unpaired) electrons. The van der Waals surface area contributed by atoms with Crippen molar-refractivity contribution >= 4 is 52.2 Å². The molecule has 0 bridgehead atoms. The molecule has 0 fully saturated rings. The van der Waals surface area contributed by atoms with E-state index in [9.17, 15) is 14.7 Å². The number of benzene rings is 1. The molecule has 0 aromatic heterocycles. The zero-order chi connectivity index (χ0) is 8.48. The van der Waals surface area contributed by atoms with E-state index in [0.717, 1.165) is 0 Å². The fraction of sp³-hybridized carbons (Fsp3) is 0. The first-order valence-electron chi connectivity index (χ1n) is 2.79. The van der Waals surface area contributed by atoms with Crippen LogP contribution in [-0.4, -0.2) is 23.1 Å². The molecule has 0 aliphatic carbocycles. The van der Waals surface area contributed by atoms with Gasteiger partial charge in [-0.15, -0.1) is 7.94 Å². The van der Waals surface area contributed by atoms with Crippen LogP contribution >= 0.6 is 23.9 Å². The van der Waals surface area contributed by atoms with Gasteiger partial charge in [0.1, 0.15) is 0 Å². The molecule has 0 saturated heterocycles. The van der Waals surface area contributed by atoms with E-state index < -0.39 is 7.94 Å². The summed E-state index contributed by atoms with van der Waals surface area (Å²) in [5.74, 6) is 0. The number of halogens is 1. The van der Waals surface area contributed by atoms with Crippen molar-refractivity contribution in [2.24, 2.45) is 0 Å². The van der Waals surface area contributed by atoms with Crippen LogP contribution in [0.2, 0.25) is 0 Å². The van der Waals surface area contributed by atoms with Gasteiger partial charge in [-0.25, -0.2) is 0 Å². The van der Waals surface area contributed by atoms with Crippen molar-refractivity contribution in [1.82, 2.24) is 0 Å². The average molecular weight is 259 g/mol. The molecule has 1 aromatic carbocycles. The van der Waals surface area contributed by atoms with Crippen LogP contribution in [-0.2, 0) is 0 Å². The van der Waals surface area contributed by atoms with Gasteiger partial charge in [0.2, 0.25) is 0 Å². The Bertz CT molecular complexity index is 263. The summed E-state index contributed by atoms with van der Waals surface area (Å²) in [7, 11) is -4.60. The SMILES string of the molecule is [Mg+2].[O-][P+]([O-])([O-])c1ccccc1Br. The molecule has 0 heterocycles. The Morgan fingerprint density at radius 1 is 1.08 bits per heavy atom. The molecule has 0 aliphatic heterocycles. The van der Waals surface area contributed by atoms with Crippen molar-refractivity contribution < 1.29 is 14.7 Å². The molecule has 0 amide bonds. The predicted molar refractivity (Wildman–Crippen MR) is 46.5 cm³/mol. The first kappa shape index (κ1) is 12.8. The monoisotopic (exact) mass is 258 g/mol. The fourth-order valence-corrected chi connectivity index (χ4v) is 2.21. The number of hydrogen-bond acceptors (Lipinski definition) is 3. The number of hydrogen-bond donors (Lipinski definition) is 0. The van der Waals surface area contributed by atoms with Crippen LogP contribution in [0.25, 0.3) is 0 Å². The van der Waals surface area contributed by atoms with Gasteiger partial charge in [-0.3, -0.25) is 0 Å². The van der Waals surface area contributed by atoms with Crippen molar-refractivity contribution in [2.75, 3.05) is 0 Å². The summed E-state index contributed by atoms with van der Waals surface area (Å²) in [6.45, 7) is 0. The minimum absolute atomic E-state index is 0. The van der Waals surface area contributed by atoms with Gasteiger partial charge in [-0.1, -0.05) is 12.1 Å². The molecule has 6 heteroatoms. The Hall–Kier alpha value is 0.776. The Morgan fingerprint density at radius 2 is 1.58 bits per heavy atom. The predicted octanol–water partition coefficient (Wildman–Crippen LogP) is -1.46. The van der Waals surface area contributed by atoms with Gasteiger partial charge in [-0.2, -0.15) is 0 Å². The maximum Gasteiger partial charge on any atom is 2.00 e. The van der Waals surface area contributed by atoms with Crippen molar-refractivity contribution in [3.63, 3.8) is 0 Å². The molecule has 0 saturated carbocycles. The van der Waals surface area contributed by atoms with Crippen LogP contribution in [0.15, 0.2) is 28.7 Å². The van der Waals surface area contributed by atoms with Gasteiger partial charge in [0.05, 0.1) is 9.78 Å². The Labute approximate surface area is 95.3 Å². The first-order chi connectivity index (χ1) is 5.02.